The molecule has 2 atom stereocenters. The van der Waals surface area contributed by atoms with Crippen molar-refractivity contribution in [3.8, 4) is 0 Å². The van der Waals surface area contributed by atoms with Crippen molar-refractivity contribution in [2.24, 2.45) is 0 Å². The first-order chi connectivity index (χ1) is 48.5. The summed E-state index contributed by atoms with van der Waals surface area (Å²) in [6.07, 6.45) is 109. The van der Waals surface area contributed by atoms with Crippen LogP contribution in [-0.2, 0) is 32.7 Å². The van der Waals surface area contributed by atoms with Gasteiger partial charge in [-0.3, -0.25) is 18.6 Å². The molecule has 0 rings (SSSR count). The van der Waals surface area contributed by atoms with Crippen molar-refractivity contribution in [2.45, 2.75) is 437 Å². The third kappa shape index (κ3) is 84.3. The molecule has 0 saturated heterocycles. The molecule has 0 radical (unpaired) electrons. The molecular formula is C89H167NO8P+. The molecule has 99 heavy (non-hydrogen) atoms. The number of esters is 2. The number of carbonyl (C=O) groups excluding carboxylic acids is 2. The largest absolute Gasteiger partial charge is 0.472 e. The predicted molar refractivity (Wildman–Crippen MR) is 432 cm³/mol. The highest BCUT2D eigenvalue weighted by atomic mass is 31.2. The second kappa shape index (κ2) is 79.6. The minimum Gasteiger partial charge on any atom is -0.462 e. The van der Waals surface area contributed by atoms with Gasteiger partial charge in [0.1, 0.15) is 19.8 Å². The number of phosphoric ester groups is 1. The molecule has 0 aromatic carbocycles. The van der Waals surface area contributed by atoms with Crippen LogP contribution in [0.2, 0.25) is 0 Å². The number of phosphoric acid groups is 1. The Morgan fingerprint density at radius 3 is 0.859 bits per heavy atom. The lowest BCUT2D eigenvalue weighted by atomic mass is 10.0. The molecule has 0 saturated carbocycles. The molecule has 0 bridgehead atoms. The van der Waals surface area contributed by atoms with Gasteiger partial charge in [0.15, 0.2) is 6.10 Å². The van der Waals surface area contributed by atoms with Gasteiger partial charge in [-0.05, 0) is 64.2 Å². The van der Waals surface area contributed by atoms with Crippen molar-refractivity contribution in [1.29, 1.82) is 0 Å². The smallest absolute Gasteiger partial charge is 0.462 e. The maximum atomic E-state index is 12.9. The van der Waals surface area contributed by atoms with Crippen molar-refractivity contribution in [3.05, 3.63) is 72.9 Å². The molecule has 0 aliphatic heterocycles. The fourth-order valence-electron chi connectivity index (χ4n) is 13.0. The second-order valence-corrected chi connectivity index (χ2v) is 32.0. The average Bonchev–Trinajstić information content (AvgIpc) is 0.987. The van der Waals surface area contributed by atoms with E-state index in [9.17, 15) is 19.0 Å². The van der Waals surface area contributed by atoms with E-state index in [1.54, 1.807) is 0 Å². The highest BCUT2D eigenvalue weighted by molar-refractivity contribution is 7.47. The van der Waals surface area contributed by atoms with E-state index < -0.39 is 26.5 Å². The highest BCUT2D eigenvalue weighted by Crippen LogP contribution is 2.43. The van der Waals surface area contributed by atoms with Crippen LogP contribution in [0.5, 0.6) is 0 Å². The minimum absolute atomic E-state index is 0.0342. The molecule has 1 N–H and O–H groups in total. The molecule has 0 spiro atoms. The predicted octanol–water partition coefficient (Wildman–Crippen LogP) is 29.0. The van der Waals surface area contributed by atoms with Crippen LogP contribution in [0.3, 0.4) is 0 Å². The van der Waals surface area contributed by atoms with Gasteiger partial charge in [-0.1, -0.05) is 427 Å². The van der Waals surface area contributed by atoms with Gasteiger partial charge >= 0.3 is 19.8 Å². The Labute approximate surface area is 616 Å². The molecule has 2 unspecified atom stereocenters. The monoisotopic (exact) mass is 1410 g/mol. The molecule has 580 valence electrons. The van der Waals surface area contributed by atoms with Gasteiger partial charge in [0.2, 0.25) is 0 Å². The van der Waals surface area contributed by atoms with E-state index in [0.717, 1.165) is 70.6 Å². The zero-order valence-corrected chi connectivity index (χ0v) is 67.4. The Morgan fingerprint density at radius 1 is 0.323 bits per heavy atom. The number of nitrogens with zero attached hydrogens (tertiary/aromatic N) is 1. The van der Waals surface area contributed by atoms with Crippen LogP contribution in [0.1, 0.15) is 431 Å². The first kappa shape index (κ1) is 96.4. The minimum atomic E-state index is -4.40. The number of carbonyl (C=O) groups is 2. The van der Waals surface area contributed by atoms with Gasteiger partial charge in [0, 0.05) is 12.8 Å². The zero-order chi connectivity index (χ0) is 71.8. The molecular weight excluding hydrogens is 1240 g/mol. The van der Waals surface area contributed by atoms with E-state index in [2.05, 4.69) is 86.8 Å². The zero-order valence-electron chi connectivity index (χ0n) is 66.5. The molecule has 0 aliphatic carbocycles. The molecule has 9 nitrogen and oxygen atoms in total. The Kier molecular flexibility index (Phi) is 77.5. The van der Waals surface area contributed by atoms with Gasteiger partial charge < -0.3 is 18.9 Å². The lowest BCUT2D eigenvalue weighted by Crippen LogP contribution is -2.37. The normalized spacial score (nSPS) is 13.3. The van der Waals surface area contributed by atoms with E-state index in [0.29, 0.717) is 23.9 Å². The van der Waals surface area contributed by atoms with Crippen molar-refractivity contribution >= 4 is 19.8 Å². The van der Waals surface area contributed by atoms with Crippen LogP contribution < -0.4 is 0 Å². The van der Waals surface area contributed by atoms with E-state index in [-0.39, 0.29) is 25.6 Å². The molecule has 0 aliphatic rings. The quantitative estimate of drug-likeness (QED) is 0.0211. The summed E-state index contributed by atoms with van der Waals surface area (Å²) in [5.74, 6) is -0.772. The number of ether oxygens (including phenoxy) is 2. The van der Waals surface area contributed by atoms with Crippen molar-refractivity contribution in [1.82, 2.24) is 0 Å². The number of hydrogen-bond donors (Lipinski definition) is 1. The SMILES string of the molecule is CC/C=C\C/C=C\C/C=C\C/C=C\C/C=C\C/C=C\CCCCCCCCCCCCCCCCCCCCCCCCC(=O)OC(COC(=O)CCCCCCCCCCCCCCCCCCCCCCCCCCCCCCCCCCCC)COP(=O)(O)OCC[N+](C)(C)C. The van der Waals surface area contributed by atoms with E-state index in [1.165, 1.54) is 327 Å². The summed E-state index contributed by atoms with van der Waals surface area (Å²) >= 11 is 0. The molecule has 0 fully saturated rings. The Balaban J connectivity index is 3.87. The summed E-state index contributed by atoms with van der Waals surface area (Å²) in [5.41, 5.74) is 0. The Hall–Kier alpha value is -2.55. The van der Waals surface area contributed by atoms with Gasteiger partial charge in [-0.15, -0.1) is 0 Å². The molecule has 10 heteroatoms. The summed E-state index contributed by atoms with van der Waals surface area (Å²) in [6, 6.07) is 0. The van der Waals surface area contributed by atoms with Crippen LogP contribution in [0, 0.1) is 0 Å². The van der Waals surface area contributed by atoms with Crippen LogP contribution in [0.25, 0.3) is 0 Å². The van der Waals surface area contributed by atoms with Crippen LogP contribution in [0.4, 0.5) is 0 Å². The summed E-state index contributed by atoms with van der Waals surface area (Å²) in [7, 11) is 1.50. The molecule has 0 aromatic rings. The molecule has 0 aromatic heterocycles. The summed E-state index contributed by atoms with van der Waals surface area (Å²) in [6.45, 7) is 4.40. The number of quaternary nitrogens is 1. The standard InChI is InChI=1S/C89H166NO8P/c1-6-8-10-12-14-16-18-20-22-24-26-28-30-32-34-36-38-40-42-43-44-45-46-47-48-50-52-54-56-58-60-62-64-66-68-70-72-74-76-78-80-82-89(92)98-87(86-97-99(93,94)96-84-83-90(3,4)5)85-95-88(91)81-79-77-75-73-71-69-67-65-63-61-59-57-55-53-51-49-41-39-37-35-33-31-29-27-25-23-21-19-17-15-13-11-9-7-2/h8,10,14,16,20,22,26,28,32,34,38,40,87H,6-7,9,11-13,15,17-19,21,23-25,27,29-31,33,35-37,39,41-86H2,1-5H3/p+1/b10-8-,16-14-,22-20-,28-26-,34-32-,40-38-. The maximum Gasteiger partial charge on any atom is 0.472 e. The first-order valence-electron chi connectivity index (χ1n) is 43.2. The third-order valence-corrected chi connectivity index (χ3v) is 20.5. The number of rotatable bonds is 81. The summed E-state index contributed by atoms with van der Waals surface area (Å²) in [4.78, 5) is 36.0. The Bertz CT molecular complexity index is 1900. The highest BCUT2D eigenvalue weighted by Gasteiger charge is 2.27. The lowest BCUT2D eigenvalue weighted by molar-refractivity contribution is -0.870. The van der Waals surface area contributed by atoms with Crippen LogP contribution in [0.15, 0.2) is 72.9 Å². The average molecular weight is 1410 g/mol. The number of unbranched alkanes of at least 4 members (excludes halogenated alkanes) is 55. The topological polar surface area (TPSA) is 108 Å². The van der Waals surface area contributed by atoms with Gasteiger partial charge in [0.05, 0.1) is 27.7 Å². The van der Waals surface area contributed by atoms with E-state index in [1.807, 2.05) is 21.1 Å². The van der Waals surface area contributed by atoms with Gasteiger partial charge in [-0.25, -0.2) is 4.57 Å². The fourth-order valence-corrected chi connectivity index (χ4v) is 13.7. The maximum absolute atomic E-state index is 12.9. The summed E-state index contributed by atoms with van der Waals surface area (Å²) in [5, 5.41) is 0. The van der Waals surface area contributed by atoms with Crippen molar-refractivity contribution in [3.63, 3.8) is 0 Å². The molecule has 0 amide bonds. The number of allylic oxidation sites excluding steroid dienone is 12. The fraction of sp³-hybridized carbons (Fsp3) is 0.843. The number of hydrogen-bond acceptors (Lipinski definition) is 7. The van der Waals surface area contributed by atoms with Gasteiger partial charge in [-0.2, -0.15) is 0 Å². The van der Waals surface area contributed by atoms with Crippen molar-refractivity contribution < 1.29 is 42.1 Å². The Morgan fingerprint density at radius 2 is 0.576 bits per heavy atom. The third-order valence-electron chi connectivity index (χ3n) is 19.5. The van der Waals surface area contributed by atoms with E-state index in [4.69, 9.17) is 18.5 Å². The van der Waals surface area contributed by atoms with Crippen LogP contribution in [-0.4, -0.2) is 74.9 Å². The van der Waals surface area contributed by atoms with Crippen LogP contribution >= 0.6 is 7.82 Å². The number of likely N-dealkylation sites (N-methyl/N-ethyl adjacent to an activating group) is 1. The molecule has 0 heterocycles. The van der Waals surface area contributed by atoms with Gasteiger partial charge in [0.25, 0.3) is 0 Å². The summed E-state index contributed by atoms with van der Waals surface area (Å²) < 4.78 is 34.9. The lowest BCUT2D eigenvalue weighted by Gasteiger charge is -2.24. The van der Waals surface area contributed by atoms with Crippen molar-refractivity contribution in [2.75, 3.05) is 47.5 Å². The second-order valence-electron chi connectivity index (χ2n) is 30.6. The first-order valence-corrected chi connectivity index (χ1v) is 44.7. The van der Waals surface area contributed by atoms with E-state index >= 15 is 0 Å².